The molecule has 0 saturated heterocycles. The van der Waals surface area contributed by atoms with Gasteiger partial charge in [0.05, 0.1) is 6.61 Å². The van der Waals surface area contributed by atoms with E-state index in [-0.39, 0.29) is 25.0 Å². The average Bonchev–Trinajstić information content (AvgIpc) is 2.76. The van der Waals surface area contributed by atoms with Gasteiger partial charge in [-0.2, -0.15) is 0 Å². The molecule has 188 valence electrons. The second kappa shape index (κ2) is 13.6. The van der Waals surface area contributed by atoms with Crippen LogP contribution in [0.3, 0.4) is 0 Å². The van der Waals surface area contributed by atoms with E-state index in [0.717, 1.165) is 12.8 Å². The Labute approximate surface area is 203 Å². The fourth-order valence-corrected chi connectivity index (χ4v) is 3.32. The second-order valence-electron chi connectivity index (χ2n) is 9.44. The van der Waals surface area contributed by atoms with Gasteiger partial charge in [-0.1, -0.05) is 45.2 Å². The monoisotopic (exact) mass is 473 g/mol. The first kappa shape index (κ1) is 29.0. The number of hydrogen-bond donors (Lipinski definition) is 3. The van der Waals surface area contributed by atoms with Crippen molar-refractivity contribution < 1.29 is 24.2 Å². The Morgan fingerprint density at radius 2 is 1.79 bits per heavy atom. The number of nitrogens with one attached hydrogen (secondary N) is 2. The number of amides is 3. The number of rotatable bonds is 11. The zero-order valence-electron chi connectivity index (χ0n) is 21.2. The molecule has 3 amide bonds. The molecule has 0 aliphatic carbocycles. The van der Waals surface area contributed by atoms with E-state index in [1.807, 2.05) is 6.92 Å². The fourth-order valence-electron chi connectivity index (χ4n) is 3.32. The number of aliphatic hydroxyl groups is 1. The van der Waals surface area contributed by atoms with Gasteiger partial charge in [-0.15, -0.1) is 6.42 Å². The number of nitrogens with zero attached hydrogens (tertiary/aromatic N) is 1. The van der Waals surface area contributed by atoms with E-state index in [1.54, 1.807) is 58.9 Å². The molecule has 8 nitrogen and oxygen atoms in total. The molecule has 8 heteroatoms. The summed E-state index contributed by atoms with van der Waals surface area (Å²) in [7, 11) is 0. The summed E-state index contributed by atoms with van der Waals surface area (Å²) in [6, 6.07) is 4.82. The number of carbonyl (C=O) groups is 3. The fraction of sp³-hybridized carbons (Fsp3) is 0.577. The van der Waals surface area contributed by atoms with Gasteiger partial charge < -0.3 is 25.4 Å². The maximum absolute atomic E-state index is 13.7. The van der Waals surface area contributed by atoms with E-state index < -0.39 is 29.7 Å². The number of ether oxygens (including phenoxy) is 1. The Bertz CT molecular complexity index is 853. The van der Waals surface area contributed by atoms with E-state index in [1.165, 1.54) is 4.90 Å². The van der Waals surface area contributed by atoms with Crippen molar-refractivity contribution in [3.8, 4) is 12.3 Å². The third-order valence-corrected chi connectivity index (χ3v) is 5.01. The van der Waals surface area contributed by atoms with E-state index in [9.17, 15) is 19.5 Å². The van der Waals surface area contributed by atoms with Crippen molar-refractivity contribution in [2.75, 3.05) is 19.7 Å². The molecular formula is C26H39N3O5. The zero-order valence-corrected chi connectivity index (χ0v) is 21.2. The second-order valence-corrected chi connectivity index (χ2v) is 9.44. The summed E-state index contributed by atoms with van der Waals surface area (Å²) in [6.07, 6.45) is 6.41. The molecule has 0 spiro atoms. The van der Waals surface area contributed by atoms with Gasteiger partial charge in [0.15, 0.2) is 0 Å². The Balaban J connectivity index is 3.36. The Morgan fingerprint density at radius 1 is 1.18 bits per heavy atom. The molecule has 0 radical (unpaired) electrons. The van der Waals surface area contributed by atoms with Crippen LogP contribution in [0.15, 0.2) is 24.3 Å². The van der Waals surface area contributed by atoms with Crippen LogP contribution in [0.25, 0.3) is 0 Å². The molecule has 2 atom stereocenters. The highest BCUT2D eigenvalue weighted by atomic mass is 16.6. The first-order chi connectivity index (χ1) is 15.9. The van der Waals surface area contributed by atoms with Crippen LogP contribution in [-0.2, 0) is 14.3 Å². The summed E-state index contributed by atoms with van der Waals surface area (Å²) in [4.78, 5) is 40.7. The summed E-state index contributed by atoms with van der Waals surface area (Å²) >= 11 is 0. The summed E-state index contributed by atoms with van der Waals surface area (Å²) in [5.74, 6) is 1.37. The molecule has 0 aliphatic heterocycles. The van der Waals surface area contributed by atoms with Gasteiger partial charge in [0.2, 0.25) is 11.8 Å². The summed E-state index contributed by atoms with van der Waals surface area (Å²) < 4.78 is 5.32. The van der Waals surface area contributed by atoms with Gasteiger partial charge in [0.1, 0.15) is 17.7 Å². The van der Waals surface area contributed by atoms with Crippen molar-refractivity contribution in [2.24, 2.45) is 5.92 Å². The first-order valence-electron chi connectivity index (χ1n) is 11.7. The van der Waals surface area contributed by atoms with Crippen LogP contribution >= 0.6 is 0 Å². The van der Waals surface area contributed by atoms with Gasteiger partial charge in [-0.3, -0.25) is 9.59 Å². The topological polar surface area (TPSA) is 108 Å². The molecule has 2 unspecified atom stereocenters. The minimum absolute atomic E-state index is 0.0964. The highest BCUT2D eigenvalue weighted by Gasteiger charge is 2.37. The number of carbonyl (C=O) groups excluding carboxylic acids is 3. The zero-order chi connectivity index (χ0) is 25.9. The van der Waals surface area contributed by atoms with Gasteiger partial charge in [-0.05, 0) is 50.8 Å². The molecular weight excluding hydrogens is 434 g/mol. The molecule has 34 heavy (non-hydrogen) atoms. The number of unbranched alkanes of at least 4 members (excludes halogenated alkanes) is 1. The van der Waals surface area contributed by atoms with Crippen LogP contribution in [0.2, 0.25) is 0 Å². The summed E-state index contributed by atoms with van der Waals surface area (Å²) in [5, 5.41) is 15.3. The lowest BCUT2D eigenvalue weighted by atomic mass is 9.98. The van der Waals surface area contributed by atoms with E-state index >= 15 is 0 Å². The standard InChI is InChI=1S/C26H39N3O5/c1-8-10-15-27-23(31)22(20-13-11-19(9-2)12-14-20)29(16-17-30)24(32)21(18(3)4)28-25(33)34-26(5,6)7/h2,11-14,18,21-22,30H,8,10,15-17H2,1,3-7H3,(H,27,31)(H,28,33). The molecule has 1 rings (SSSR count). The predicted octanol–water partition coefficient (Wildman–Crippen LogP) is 3.00. The lowest BCUT2D eigenvalue weighted by Gasteiger charge is -2.35. The van der Waals surface area contributed by atoms with Crippen LogP contribution in [0.4, 0.5) is 4.79 Å². The van der Waals surface area contributed by atoms with Crippen LogP contribution < -0.4 is 10.6 Å². The van der Waals surface area contributed by atoms with Crippen LogP contribution in [0.1, 0.15) is 71.6 Å². The molecule has 0 saturated carbocycles. The van der Waals surface area contributed by atoms with Gasteiger partial charge in [0.25, 0.3) is 0 Å². The minimum atomic E-state index is -1.01. The Morgan fingerprint density at radius 3 is 2.26 bits per heavy atom. The van der Waals surface area contributed by atoms with Crippen LogP contribution in [0, 0.1) is 18.3 Å². The number of aliphatic hydroxyl groups excluding tert-OH is 1. The molecule has 3 N–H and O–H groups in total. The summed E-state index contributed by atoms with van der Waals surface area (Å²) in [6.45, 7) is 10.8. The quantitative estimate of drug-likeness (QED) is 0.338. The van der Waals surface area contributed by atoms with Gasteiger partial charge >= 0.3 is 6.09 Å². The summed E-state index contributed by atoms with van der Waals surface area (Å²) in [5.41, 5.74) is 0.454. The number of alkyl carbamates (subject to hydrolysis) is 1. The van der Waals surface area contributed by atoms with Crippen molar-refractivity contribution in [2.45, 2.75) is 72.1 Å². The van der Waals surface area contributed by atoms with Crippen molar-refractivity contribution in [1.29, 1.82) is 0 Å². The van der Waals surface area contributed by atoms with Crippen molar-refractivity contribution in [3.63, 3.8) is 0 Å². The van der Waals surface area contributed by atoms with Gasteiger partial charge in [-0.25, -0.2) is 4.79 Å². The van der Waals surface area contributed by atoms with Crippen molar-refractivity contribution >= 4 is 17.9 Å². The molecule has 1 aromatic carbocycles. The number of terminal acetylenes is 1. The highest BCUT2D eigenvalue weighted by Crippen LogP contribution is 2.24. The molecule has 0 aromatic heterocycles. The van der Waals surface area contributed by atoms with Crippen LogP contribution in [0.5, 0.6) is 0 Å². The Kier molecular flexibility index (Phi) is 11.6. The minimum Gasteiger partial charge on any atom is -0.444 e. The molecule has 0 fully saturated rings. The lowest BCUT2D eigenvalue weighted by molar-refractivity contribution is -0.143. The normalized spacial score (nSPS) is 12.9. The van der Waals surface area contributed by atoms with E-state index in [0.29, 0.717) is 17.7 Å². The SMILES string of the molecule is C#Cc1ccc(C(C(=O)NCCCC)N(CCO)C(=O)C(NC(=O)OC(C)(C)C)C(C)C)cc1. The molecule has 0 aliphatic rings. The predicted molar refractivity (Wildman–Crippen MR) is 132 cm³/mol. The number of hydrogen-bond acceptors (Lipinski definition) is 5. The van der Waals surface area contributed by atoms with Crippen LogP contribution in [-0.4, -0.2) is 59.3 Å². The number of benzene rings is 1. The van der Waals surface area contributed by atoms with E-state index in [2.05, 4.69) is 16.6 Å². The highest BCUT2D eigenvalue weighted by molar-refractivity contribution is 5.92. The largest absolute Gasteiger partial charge is 0.444 e. The smallest absolute Gasteiger partial charge is 0.408 e. The maximum atomic E-state index is 13.7. The Hall–Kier alpha value is -3.05. The average molecular weight is 474 g/mol. The lowest BCUT2D eigenvalue weighted by Crippen LogP contribution is -2.55. The van der Waals surface area contributed by atoms with Gasteiger partial charge in [0, 0.05) is 18.7 Å². The molecule has 0 heterocycles. The van der Waals surface area contributed by atoms with Crippen molar-refractivity contribution in [3.05, 3.63) is 35.4 Å². The third kappa shape index (κ3) is 9.06. The molecule has 1 aromatic rings. The first-order valence-corrected chi connectivity index (χ1v) is 11.7. The van der Waals surface area contributed by atoms with Crippen molar-refractivity contribution in [1.82, 2.24) is 15.5 Å². The van der Waals surface area contributed by atoms with E-state index in [4.69, 9.17) is 11.2 Å². The maximum Gasteiger partial charge on any atom is 0.408 e. The third-order valence-electron chi connectivity index (χ3n) is 5.01. The molecule has 0 bridgehead atoms.